The van der Waals surface area contributed by atoms with E-state index in [4.69, 9.17) is 11.6 Å². The summed E-state index contributed by atoms with van der Waals surface area (Å²) in [7, 11) is 4.23. The van der Waals surface area contributed by atoms with Gasteiger partial charge < -0.3 is 15.1 Å². The third-order valence-electron chi connectivity index (χ3n) is 3.40. The van der Waals surface area contributed by atoms with Crippen molar-refractivity contribution in [2.45, 2.75) is 26.8 Å². The van der Waals surface area contributed by atoms with Crippen molar-refractivity contribution < 1.29 is 0 Å². The highest BCUT2D eigenvalue weighted by Crippen LogP contribution is 2.27. The van der Waals surface area contributed by atoms with Crippen molar-refractivity contribution in [2.24, 2.45) is 0 Å². The molecule has 0 radical (unpaired) electrons. The molecule has 0 atom stereocenters. The third-order valence-corrected chi connectivity index (χ3v) is 3.76. The molecule has 0 aliphatic rings. The Morgan fingerprint density at radius 2 is 1.90 bits per heavy atom. The van der Waals surface area contributed by atoms with Crippen LogP contribution in [0.5, 0.6) is 0 Å². The molecule has 114 valence electrons. The first-order valence-corrected chi connectivity index (χ1v) is 7.85. The van der Waals surface area contributed by atoms with E-state index < -0.39 is 0 Å². The Morgan fingerprint density at radius 3 is 2.50 bits per heavy atom. The number of anilines is 1. The topological polar surface area (TPSA) is 18.5 Å². The van der Waals surface area contributed by atoms with Crippen LogP contribution in [-0.4, -0.2) is 45.2 Å². The number of nitrogens with zero attached hydrogens (tertiary/aromatic N) is 2. The van der Waals surface area contributed by atoms with Gasteiger partial charge in [0, 0.05) is 35.9 Å². The van der Waals surface area contributed by atoms with E-state index in [0.717, 1.165) is 44.2 Å². The van der Waals surface area contributed by atoms with Crippen LogP contribution < -0.4 is 10.2 Å². The standard InChI is InChI=1S/C16H28ClN3/c1-5-18-13-14-15(17)9-7-10-16(14)20(6-2)12-8-11-19(3)4/h7,9-10,18H,5-6,8,11-13H2,1-4H3. The Hall–Kier alpha value is -0.770. The Kier molecular flexibility index (Phi) is 7.97. The highest BCUT2D eigenvalue weighted by atomic mass is 35.5. The van der Waals surface area contributed by atoms with Gasteiger partial charge in [-0.2, -0.15) is 0 Å². The zero-order chi connectivity index (χ0) is 15.0. The van der Waals surface area contributed by atoms with Gasteiger partial charge >= 0.3 is 0 Å². The summed E-state index contributed by atoms with van der Waals surface area (Å²) in [6.07, 6.45) is 1.16. The molecule has 0 saturated heterocycles. The SMILES string of the molecule is CCNCc1c(Cl)cccc1N(CC)CCCN(C)C. The fraction of sp³-hybridized carbons (Fsp3) is 0.625. The van der Waals surface area contributed by atoms with Gasteiger partial charge in [0.1, 0.15) is 0 Å². The van der Waals surface area contributed by atoms with E-state index >= 15 is 0 Å². The van der Waals surface area contributed by atoms with E-state index in [-0.39, 0.29) is 0 Å². The smallest absolute Gasteiger partial charge is 0.0471 e. The number of nitrogens with one attached hydrogen (secondary N) is 1. The van der Waals surface area contributed by atoms with E-state index in [1.165, 1.54) is 11.3 Å². The van der Waals surface area contributed by atoms with Gasteiger partial charge in [-0.15, -0.1) is 0 Å². The van der Waals surface area contributed by atoms with Crippen LogP contribution in [0.25, 0.3) is 0 Å². The molecule has 20 heavy (non-hydrogen) atoms. The van der Waals surface area contributed by atoms with E-state index in [0.29, 0.717) is 0 Å². The molecule has 1 N–H and O–H groups in total. The average molecular weight is 298 g/mol. The summed E-state index contributed by atoms with van der Waals surface area (Å²) in [5.74, 6) is 0. The van der Waals surface area contributed by atoms with Crippen molar-refractivity contribution in [2.75, 3.05) is 45.2 Å². The first kappa shape index (κ1) is 17.3. The fourth-order valence-corrected chi connectivity index (χ4v) is 2.53. The highest BCUT2D eigenvalue weighted by Gasteiger charge is 2.12. The average Bonchev–Trinajstić information content (AvgIpc) is 2.42. The van der Waals surface area contributed by atoms with Crippen LogP contribution in [0.15, 0.2) is 18.2 Å². The molecule has 0 aliphatic heterocycles. The van der Waals surface area contributed by atoms with Crippen LogP contribution in [0.3, 0.4) is 0 Å². The van der Waals surface area contributed by atoms with Gasteiger partial charge in [0.25, 0.3) is 0 Å². The third kappa shape index (κ3) is 5.31. The number of rotatable bonds is 9. The molecule has 0 unspecified atom stereocenters. The van der Waals surface area contributed by atoms with Gasteiger partial charge in [-0.1, -0.05) is 24.6 Å². The second kappa shape index (κ2) is 9.22. The number of benzene rings is 1. The Morgan fingerprint density at radius 1 is 1.15 bits per heavy atom. The largest absolute Gasteiger partial charge is 0.371 e. The van der Waals surface area contributed by atoms with Crippen LogP contribution in [-0.2, 0) is 6.54 Å². The van der Waals surface area contributed by atoms with E-state index in [1.54, 1.807) is 0 Å². The molecule has 0 fully saturated rings. The maximum atomic E-state index is 6.38. The summed E-state index contributed by atoms with van der Waals surface area (Å²) >= 11 is 6.38. The zero-order valence-corrected chi connectivity index (χ0v) is 14.0. The second-order valence-electron chi connectivity index (χ2n) is 5.25. The van der Waals surface area contributed by atoms with Crippen LogP contribution in [0.1, 0.15) is 25.8 Å². The van der Waals surface area contributed by atoms with Crippen LogP contribution >= 0.6 is 11.6 Å². The van der Waals surface area contributed by atoms with Crippen molar-refractivity contribution in [1.82, 2.24) is 10.2 Å². The molecule has 3 nitrogen and oxygen atoms in total. The van der Waals surface area contributed by atoms with E-state index in [2.05, 4.69) is 49.1 Å². The lowest BCUT2D eigenvalue weighted by atomic mass is 10.1. The minimum absolute atomic E-state index is 0.829. The molecule has 1 aromatic rings. The number of halogens is 1. The second-order valence-corrected chi connectivity index (χ2v) is 5.66. The van der Waals surface area contributed by atoms with Gasteiger partial charge in [0.2, 0.25) is 0 Å². The lowest BCUT2D eigenvalue weighted by molar-refractivity contribution is 0.400. The van der Waals surface area contributed by atoms with Gasteiger partial charge in [-0.25, -0.2) is 0 Å². The summed E-state index contributed by atoms with van der Waals surface area (Å²) in [6, 6.07) is 6.20. The van der Waals surface area contributed by atoms with Crippen molar-refractivity contribution in [1.29, 1.82) is 0 Å². The molecular weight excluding hydrogens is 270 g/mol. The summed E-state index contributed by atoms with van der Waals surface area (Å²) in [4.78, 5) is 4.65. The van der Waals surface area contributed by atoms with Crippen LogP contribution in [0.4, 0.5) is 5.69 Å². The van der Waals surface area contributed by atoms with E-state index in [9.17, 15) is 0 Å². The fourth-order valence-electron chi connectivity index (χ4n) is 2.30. The first-order valence-electron chi connectivity index (χ1n) is 7.47. The minimum Gasteiger partial charge on any atom is -0.371 e. The molecule has 0 bridgehead atoms. The van der Waals surface area contributed by atoms with Crippen molar-refractivity contribution in [3.63, 3.8) is 0 Å². The van der Waals surface area contributed by atoms with Crippen LogP contribution in [0.2, 0.25) is 5.02 Å². The molecule has 1 aromatic carbocycles. The molecule has 1 rings (SSSR count). The Labute approximate surface area is 128 Å². The maximum Gasteiger partial charge on any atom is 0.0471 e. The van der Waals surface area contributed by atoms with Crippen molar-refractivity contribution >= 4 is 17.3 Å². The summed E-state index contributed by atoms with van der Waals surface area (Å²) in [6.45, 7) is 9.28. The Balaban J connectivity index is 2.82. The lowest BCUT2D eigenvalue weighted by Crippen LogP contribution is -2.28. The monoisotopic (exact) mass is 297 g/mol. The summed E-state index contributed by atoms with van der Waals surface area (Å²) in [5, 5.41) is 4.24. The molecule has 0 spiro atoms. The normalized spacial score (nSPS) is 11.1. The summed E-state index contributed by atoms with van der Waals surface area (Å²) in [5.41, 5.74) is 2.47. The van der Waals surface area contributed by atoms with Gasteiger partial charge in [-0.05, 0) is 52.7 Å². The molecule has 0 saturated carbocycles. The van der Waals surface area contributed by atoms with Crippen LogP contribution in [0, 0.1) is 0 Å². The molecule has 0 aliphatic carbocycles. The predicted molar refractivity (Wildman–Crippen MR) is 89.9 cm³/mol. The maximum absolute atomic E-state index is 6.38. The molecule has 0 aromatic heterocycles. The lowest BCUT2D eigenvalue weighted by Gasteiger charge is -2.27. The van der Waals surface area contributed by atoms with Crippen molar-refractivity contribution in [3.05, 3.63) is 28.8 Å². The number of hydrogen-bond acceptors (Lipinski definition) is 3. The highest BCUT2D eigenvalue weighted by molar-refractivity contribution is 6.31. The summed E-state index contributed by atoms with van der Waals surface area (Å²) < 4.78 is 0. The molecule has 0 amide bonds. The van der Waals surface area contributed by atoms with E-state index in [1.807, 2.05) is 12.1 Å². The zero-order valence-electron chi connectivity index (χ0n) is 13.2. The minimum atomic E-state index is 0.829. The molecule has 0 heterocycles. The molecular formula is C16H28ClN3. The molecule has 4 heteroatoms. The first-order chi connectivity index (χ1) is 9.60. The van der Waals surface area contributed by atoms with Gasteiger partial charge in [-0.3, -0.25) is 0 Å². The van der Waals surface area contributed by atoms with Gasteiger partial charge in [0.15, 0.2) is 0 Å². The Bertz CT molecular complexity index is 393. The number of hydrogen-bond donors (Lipinski definition) is 1. The quantitative estimate of drug-likeness (QED) is 0.755. The van der Waals surface area contributed by atoms with Gasteiger partial charge in [0.05, 0.1) is 0 Å². The van der Waals surface area contributed by atoms with Crippen molar-refractivity contribution in [3.8, 4) is 0 Å². The predicted octanol–water partition coefficient (Wildman–Crippen LogP) is 3.23.